The Morgan fingerprint density at radius 1 is 1.00 bits per heavy atom. The molecule has 0 spiro atoms. The highest BCUT2D eigenvalue weighted by Gasteiger charge is 2.34. The Balaban J connectivity index is 1.49. The number of likely N-dealkylation sites (N-methyl/N-ethyl adjacent to an activating group) is 1. The van der Waals surface area contributed by atoms with Crippen LogP contribution in [0.5, 0.6) is 0 Å². The summed E-state index contributed by atoms with van der Waals surface area (Å²) in [5, 5.41) is 3.17. The van der Waals surface area contributed by atoms with Crippen LogP contribution in [0, 0.1) is 5.92 Å². The van der Waals surface area contributed by atoms with Crippen molar-refractivity contribution in [1.82, 2.24) is 20.0 Å². The van der Waals surface area contributed by atoms with Crippen molar-refractivity contribution in [2.75, 3.05) is 52.4 Å². The van der Waals surface area contributed by atoms with Crippen LogP contribution in [0.1, 0.15) is 64.0 Å². The third-order valence-electron chi connectivity index (χ3n) is 7.09. The summed E-state index contributed by atoms with van der Waals surface area (Å²) in [4.78, 5) is 32.7. The van der Waals surface area contributed by atoms with Gasteiger partial charge in [0.25, 0.3) is 0 Å². The molecule has 2 saturated heterocycles. The zero-order valence-corrected chi connectivity index (χ0v) is 20.1. The summed E-state index contributed by atoms with van der Waals surface area (Å²) in [7, 11) is 0. The van der Waals surface area contributed by atoms with Crippen molar-refractivity contribution < 1.29 is 9.59 Å². The molecule has 2 heterocycles. The fourth-order valence-electron chi connectivity index (χ4n) is 5.11. The molecule has 1 N–H and O–H groups in total. The third-order valence-corrected chi connectivity index (χ3v) is 7.09. The molecule has 3 rings (SSSR count). The second-order valence-corrected chi connectivity index (χ2v) is 9.18. The average Bonchev–Trinajstić information content (AvgIpc) is 2.84. The Labute approximate surface area is 194 Å². The lowest BCUT2D eigenvalue weighted by Crippen LogP contribution is -2.47. The molecule has 0 saturated carbocycles. The fourth-order valence-corrected chi connectivity index (χ4v) is 5.11. The van der Waals surface area contributed by atoms with E-state index in [2.05, 4.69) is 15.1 Å². The normalized spacial score (nSPS) is 19.4. The van der Waals surface area contributed by atoms with Gasteiger partial charge in [0, 0.05) is 25.6 Å². The highest BCUT2D eigenvalue weighted by molar-refractivity contribution is 5.83. The molecule has 0 aromatic heterocycles. The maximum atomic E-state index is 13.3. The number of hydrogen-bond donors (Lipinski definition) is 1. The zero-order valence-electron chi connectivity index (χ0n) is 20.1. The first kappa shape index (κ1) is 24.7. The minimum atomic E-state index is -0.260. The average molecular weight is 443 g/mol. The van der Waals surface area contributed by atoms with Crippen molar-refractivity contribution in [3.05, 3.63) is 35.9 Å². The van der Waals surface area contributed by atoms with E-state index < -0.39 is 0 Å². The molecule has 0 radical (unpaired) electrons. The number of amides is 2. The van der Waals surface area contributed by atoms with E-state index in [-0.39, 0.29) is 23.8 Å². The van der Waals surface area contributed by atoms with Gasteiger partial charge in [0.2, 0.25) is 11.8 Å². The lowest BCUT2D eigenvalue weighted by Gasteiger charge is -2.38. The number of rotatable bonds is 10. The van der Waals surface area contributed by atoms with Crippen molar-refractivity contribution in [2.24, 2.45) is 5.92 Å². The molecule has 2 amide bonds. The summed E-state index contributed by atoms with van der Waals surface area (Å²) in [6.45, 7) is 11.3. The number of nitrogens with zero attached hydrogens (tertiary/aromatic N) is 3. The third kappa shape index (κ3) is 6.79. The van der Waals surface area contributed by atoms with Crippen molar-refractivity contribution in [2.45, 2.75) is 58.4 Å². The predicted molar refractivity (Wildman–Crippen MR) is 129 cm³/mol. The molecule has 2 aliphatic rings. The van der Waals surface area contributed by atoms with Crippen molar-refractivity contribution in [3.8, 4) is 0 Å². The number of carbonyl (C=O) groups is 2. The zero-order chi connectivity index (χ0) is 22.8. The molecule has 32 heavy (non-hydrogen) atoms. The maximum Gasteiger partial charge on any atom is 0.244 e. The van der Waals surface area contributed by atoms with E-state index >= 15 is 0 Å². The van der Waals surface area contributed by atoms with Crippen LogP contribution in [0.15, 0.2) is 30.3 Å². The summed E-state index contributed by atoms with van der Waals surface area (Å²) in [6, 6.07) is 9.83. The van der Waals surface area contributed by atoms with E-state index in [9.17, 15) is 9.59 Å². The number of hydrogen-bond acceptors (Lipinski definition) is 4. The SMILES string of the molecule is CCN(CC)C(=O)C(c1ccccc1)N1CCC(C(=O)NCCCN2CCCCC2)CC1. The van der Waals surface area contributed by atoms with Gasteiger partial charge in [-0.1, -0.05) is 36.8 Å². The summed E-state index contributed by atoms with van der Waals surface area (Å²) >= 11 is 0. The van der Waals surface area contributed by atoms with Crippen molar-refractivity contribution >= 4 is 11.8 Å². The first-order valence-corrected chi connectivity index (χ1v) is 12.7. The van der Waals surface area contributed by atoms with Gasteiger partial charge < -0.3 is 15.1 Å². The molecule has 1 atom stereocenters. The minimum absolute atomic E-state index is 0.0567. The van der Waals surface area contributed by atoms with Crippen LogP contribution in [-0.4, -0.2) is 78.9 Å². The van der Waals surface area contributed by atoms with Gasteiger partial charge in [0.1, 0.15) is 6.04 Å². The van der Waals surface area contributed by atoms with Gasteiger partial charge >= 0.3 is 0 Å². The maximum absolute atomic E-state index is 13.3. The number of nitrogens with one attached hydrogen (secondary N) is 1. The number of piperidine rings is 2. The van der Waals surface area contributed by atoms with Crippen molar-refractivity contribution in [3.63, 3.8) is 0 Å². The molecule has 6 nitrogen and oxygen atoms in total. The minimum Gasteiger partial charge on any atom is -0.356 e. The molecule has 1 aromatic rings. The number of benzene rings is 1. The molecule has 0 bridgehead atoms. The Hall–Kier alpha value is -1.92. The fraction of sp³-hybridized carbons (Fsp3) is 0.692. The second-order valence-electron chi connectivity index (χ2n) is 9.18. The van der Waals surface area contributed by atoms with E-state index in [0.717, 1.165) is 64.1 Å². The van der Waals surface area contributed by atoms with Crippen molar-refractivity contribution in [1.29, 1.82) is 0 Å². The Kier molecular flexibility index (Phi) is 10.0. The molecular weight excluding hydrogens is 400 g/mol. The highest BCUT2D eigenvalue weighted by atomic mass is 16.2. The lowest BCUT2D eigenvalue weighted by molar-refractivity contribution is -0.138. The van der Waals surface area contributed by atoms with Crippen LogP contribution in [0.4, 0.5) is 0 Å². The van der Waals surface area contributed by atoms with E-state index in [0.29, 0.717) is 0 Å². The molecule has 1 aromatic carbocycles. The largest absolute Gasteiger partial charge is 0.356 e. The lowest BCUT2D eigenvalue weighted by atomic mass is 9.93. The van der Waals surface area contributed by atoms with Gasteiger partial charge in [-0.25, -0.2) is 0 Å². The Bertz CT molecular complexity index is 693. The molecule has 6 heteroatoms. The van der Waals surface area contributed by atoms with Gasteiger partial charge in [-0.05, 0) is 84.2 Å². The predicted octanol–water partition coefficient (Wildman–Crippen LogP) is 3.30. The summed E-state index contributed by atoms with van der Waals surface area (Å²) < 4.78 is 0. The molecule has 2 aliphatic heterocycles. The van der Waals surface area contributed by atoms with Gasteiger partial charge in [-0.3, -0.25) is 14.5 Å². The Morgan fingerprint density at radius 2 is 1.66 bits per heavy atom. The van der Waals surface area contributed by atoms with Gasteiger partial charge in [-0.15, -0.1) is 0 Å². The first-order chi connectivity index (χ1) is 15.6. The number of carbonyl (C=O) groups excluding carboxylic acids is 2. The second kappa shape index (κ2) is 12.9. The summed E-state index contributed by atoms with van der Waals surface area (Å²) in [5.41, 5.74) is 1.05. The summed E-state index contributed by atoms with van der Waals surface area (Å²) in [5.74, 6) is 0.414. The first-order valence-electron chi connectivity index (χ1n) is 12.7. The summed E-state index contributed by atoms with van der Waals surface area (Å²) in [6.07, 6.45) is 6.63. The smallest absolute Gasteiger partial charge is 0.244 e. The van der Waals surface area contributed by atoms with Crippen LogP contribution in [0.2, 0.25) is 0 Å². The van der Waals surface area contributed by atoms with Crippen LogP contribution in [-0.2, 0) is 9.59 Å². The molecule has 2 fully saturated rings. The molecular formula is C26H42N4O2. The molecule has 178 valence electrons. The van der Waals surface area contributed by atoms with Gasteiger partial charge in [0.15, 0.2) is 0 Å². The van der Waals surface area contributed by atoms with E-state index in [1.54, 1.807) is 0 Å². The van der Waals surface area contributed by atoms with Crippen LogP contribution in [0.25, 0.3) is 0 Å². The van der Waals surface area contributed by atoms with Crippen LogP contribution < -0.4 is 5.32 Å². The van der Waals surface area contributed by atoms with Gasteiger partial charge in [0.05, 0.1) is 0 Å². The van der Waals surface area contributed by atoms with Crippen LogP contribution >= 0.6 is 0 Å². The quantitative estimate of drug-likeness (QED) is 0.565. The molecule has 0 aliphatic carbocycles. The van der Waals surface area contributed by atoms with E-state index in [1.165, 1.54) is 32.4 Å². The monoisotopic (exact) mass is 442 g/mol. The van der Waals surface area contributed by atoms with E-state index in [1.807, 2.05) is 49.1 Å². The molecule has 1 unspecified atom stereocenters. The Morgan fingerprint density at radius 3 is 2.28 bits per heavy atom. The topological polar surface area (TPSA) is 55.9 Å². The van der Waals surface area contributed by atoms with Crippen LogP contribution in [0.3, 0.4) is 0 Å². The standard InChI is InChI=1S/C26H42N4O2/c1-3-29(4-2)26(32)24(22-12-7-5-8-13-22)30-20-14-23(15-21-30)25(31)27-16-11-19-28-17-9-6-10-18-28/h5,7-8,12-13,23-24H,3-4,6,9-11,14-21H2,1-2H3,(H,27,31). The highest BCUT2D eigenvalue weighted by Crippen LogP contribution is 2.29. The van der Waals surface area contributed by atoms with E-state index in [4.69, 9.17) is 0 Å². The van der Waals surface area contributed by atoms with Gasteiger partial charge in [-0.2, -0.15) is 0 Å². The number of likely N-dealkylation sites (tertiary alicyclic amines) is 2.